The van der Waals surface area contributed by atoms with Crippen molar-refractivity contribution in [2.24, 2.45) is 22.7 Å². The third-order valence-corrected chi connectivity index (χ3v) is 7.26. The van der Waals surface area contributed by atoms with E-state index in [0.717, 1.165) is 23.9 Å². The highest BCUT2D eigenvalue weighted by molar-refractivity contribution is 5.13. The summed E-state index contributed by atoms with van der Waals surface area (Å²) in [5.41, 5.74) is 1.04. The Hall–Kier alpha value is -0.0800. The summed E-state index contributed by atoms with van der Waals surface area (Å²) < 4.78 is 0. The molecule has 3 fully saturated rings. The minimum Gasteiger partial charge on any atom is -0.310 e. The highest BCUT2D eigenvalue weighted by Gasteiger charge is 2.59. The molecule has 0 aromatic heterocycles. The molecule has 3 rings (SSSR count). The fraction of sp³-hybridized carbons (Fsp3) is 1.00. The van der Waals surface area contributed by atoms with Crippen molar-refractivity contribution in [3.8, 4) is 0 Å². The largest absolute Gasteiger partial charge is 0.310 e. The van der Waals surface area contributed by atoms with Crippen molar-refractivity contribution in [2.75, 3.05) is 13.6 Å². The van der Waals surface area contributed by atoms with Crippen LogP contribution >= 0.6 is 0 Å². The minimum absolute atomic E-state index is 0.485. The van der Waals surface area contributed by atoms with Gasteiger partial charge in [-0.25, -0.2) is 0 Å². The average Bonchev–Trinajstić information content (AvgIpc) is 2.82. The van der Waals surface area contributed by atoms with Crippen LogP contribution < -0.4 is 5.32 Å². The van der Waals surface area contributed by atoms with E-state index in [0.29, 0.717) is 16.9 Å². The van der Waals surface area contributed by atoms with E-state index in [9.17, 15) is 0 Å². The fourth-order valence-electron chi connectivity index (χ4n) is 5.71. The van der Waals surface area contributed by atoms with Crippen molar-refractivity contribution >= 4 is 0 Å². The van der Waals surface area contributed by atoms with Gasteiger partial charge in [-0.2, -0.15) is 0 Å². The maximum atomic E-state index is 4.15. The van der Waals surface area contributed by atoms with Crippen LogP contribution in [0, 0.1) is 22.7 Å². The van der Waals surface area contributed by atoms with Crippen molar-refractivity contribution in [2.45, 2.75) is 78.4 Å². The van der Waals surface area contributed by atoms with Crippen LogP contribution in [0.15, 0.2) is 0 Å². The summed E-state index contributed by atoms with van der Waals surface area (Å²) in [4.78, 5) is 2.52. The maximum Gasteiger partial charge on any atom is 0.0177 e. The molecule has 6 atom stereocenters. The third-order valence-electron chi connectivity index (χ3n) is 7.26. The van der Waals surface area contributed by atoms with E-state index in [4.69, 9.17) is 0 Å². The standard InChI is InChI=1S/C18H34N2/c1-12-11-20(6)13(2)9-15(12)19-16-17(3,4)14-7-8-18(16,5)10-14/h12-16,19H,7-11H2,1-6H3. The summed E-state index contributed by atoms with van der Waals surface area (Å²) in [6.07, 6.45) is 5.66. The number of hydrogen-bond donors (Lipinski definition) is 1. The van der Waals surface area contributed by atoms with Gasteiger partial charge in [0.05, 0.1) is 0 Å². The van der Waals surface area contributed by atoms with Gasteiger partial charge in [-0.15, -0.1) is 0 Å². The molecule has 2 bridgehead atoms. The van der Waals surface area contributed by atoms with Crippen LogP contribution in [0.2, 0.25) is 0 Å². The van der Waals surface area contributed by atoms with Gasteiger partial charge in [0.25, 0.3) is 0 Å². The van der Waals surface area contributed by atoms with Crippen molar-refractivity contribution in [3.05, 3.63) is 0 Å². The van der Waals surface area contributed by atoms with Gasteiger partial charge in [-0.1, -0.05) is 27.7 Å². The molecular formula is C18H34N2. The SMILES string of the molecule is CC1CN(C)C(C)CC1NC1C2(C)CCC(C2)C1(C)C. The molecule has 3 aliphatic rings. The molecular weight excluding hydrogens is 244 g/mol. The smallest absolute Gasteiger partial charge is 0.0177 e. The Labute approximate surface area is 125 Å². The molecule has 2 heteroatoms. The zero-order valence-corrected chi connectivity index (χ0v) is 14.4. The Morgan fingerprint density at radius 2 is 1.85 bits per heavy atom. The van der Waals surface area contributed by atoms with Gasteiger partial charge in [0.2, 0.25) is 0 Å². The summed E-state index contributed by atoms with van der Waals surface area (Å²) in [6.45, 7) is 13.6. The Morgan fingerprint density at radius 3 is 2.45 bits per heavy atom. The monoisotopic (exact) mass is 278 g/mol. The van der Waals surface area contributed by atoms with Crippen LogP contribution in [0.25, 0.3) is 0 Å². The van der Waals surface area contributed by atoms with Crippen LogP contribution in [0.4, 0.5) is 0 Å². The molecule has 1 saturated heterocycles. The molecule has 1 N–H and O–H groups in total. The molecule has 2 aliphatic carbocycles. The first kappa shape index (κ1) is 14.8. The lowest BCUT2D eigenvalue weighted by Gasteiger charge is -2.48. The van der Waals surface area contributed by atoms with Crippen molar-refractivity contribution in [1.29, 1.82) is 0 Å². The Bertz CT molecular complexity index is 373. The summed E-state index contributed by atoms with van der Waals surface area (Å²) in [5.74, 6) is 1.72. The molecule has 0 aromatic carbocycles. The zero-order valence-electron chi connectivity index (χ0n) is 14.4. The Morgan fingerprint density at radius 1 is 1.15 bits per heavy atom. The van der Waals surface area contributed by atoms with E-state index in [2.05, 4.69) is 51.9 Å². The first-order chi connectivity index (χ1) is 9.24. The first-order valence-corrected chi connectivity index (χ1v) is 8.70. The molecule has 2 nitrogen and oxygen atoms in total. The quantitative estimate of drug-likeness (QED) is 0.831. The van der Waals surface area contributed by atoms with Crippen molar-refractivity contribution in [3.63, 3.8) is 0 Å². The van der Waals surface area contributed by atoms with Gasteiger partial charge >= 0.3 is 0 Å². The van der Waals surface area contributed by atoms with E-state index in [1.54, 1.807) is 0 Å². The van der Waals surface area contributed by atoms with Crippen LogP contribution in [0.5, 0.6) is 0 Å². The second-order valence-electron chi connectivity index (χ2n) is 9.12. The van der Waals surface area contributed by atoms with Gasteiger partial charge < -0.3 is 10.2 Å². The summed E-state index contributed by atoms with van der Waals surface area (Å²) in [5, 5.41) is 4.15. The summed E-state index contributed by atoms with van der Waals surface area (Å²) in [7, 11) is 2.28. The second-order valence-corrected chi connectivity index (χ2v) is 9.12. The summed E-state index contributed by atoms with van der Waals surface area (Å²) >= 11 is 0. The number of hydrogen-bond acceptors (Lipinski definition) is 2. The van der Waals surface area contributed by atoms with Gasteiger partial charge in [-0.05, 0) is 62.3 Å². The van der Waals surface area contributed by atoms with Gasteiger partial charge in [0.15, 0.2) is 0 Å². The normalized spacial score (nSPS) is 51.6. The van der Waals surface area contributed by atoms with E-state index in [-0.39, 0.29) is 0 Å². The number of nitrogens with zero attached hydrogens (tertiary/aromatic N) is 1. The lowest BCUT2D eigenvalue weighted by atomic mass is 9.67. The molecule has 116 valence electrons. The molecule has 20 heavy (non-hydrogen) atoms. The summed E-state index contributed by atoms with van der Waals surface area (Å²) in [6, 6.07) is 2.15. The molecule has 0 radical (unpaired) electrons. The number of rotatable bonds is 2. The lowest BCUT2D eigenvalue weighted by molar-refractivity contribution is 0.0570. The van der Waals surface area contributed by atoms with Crippen molar-refractivity contribution in [1.82, 2.24) is 10.2 Å². The van der Waals surface area contributed by atoms with Gasteiger partial charge in [0.1, 0.15) is 0 Å². The highest BCUT2D eigenvalue weighted by Crippen LogP contribution is 2.62. The molecule has 6 unspecified atom stereocenters. The first-order valence-electron chi connectivity index (χ1n) is 8.70. The van der Waals surface area contributed by atoms with Crippen molar-refractivity contribution < 1.29 is 0 Å². The zero-order chi connectivity index (χ0) is 14.7. The van der Waals surface area contributed by atoms with Crippen LogP contribution in [0.1, 0.15) is 60.3 Å². The lowest BCUT2D eigenvalue weighted by Crippen LogP contribution is -2.59. The Kier molecular flexibility index (Phi) is 3.49. The number of piperidine rings is 1. The number of nitrogens with one attached hydrogen (secondary N) is 1. The van der Waals surface area contributed by atoms with E-state index < -0.39 is 0 Å². The van der Waals surface area contributed by atoms with Crippen LogP contribution in [-0.4, -0.2) is 36.6 Å². The van der Waals surface area contributed by atoms with Gasteiger partial charge in [-0.3, -0.25) is 0 Å². The fourth-order valence-corrected chi connectivity index (χ4v) is 5.71. The van der Waals surface area contributed by atoms with E-state index >= 15 is 0 Å². The van der Waals surface area contributed by atoms with Crippen LogP contribution in [-0.2, 0) is 0 Å². The molecule has 0 amide bonds. The topological polar surface area (TPSA) is 15.3 Å². The molecule has 1 heterocycles. The maximum absolute atomic E-state index is 4.15. The molecule has 0 aromatic rings. The van der Waals surface area contributed by atoms with E-state index in [1.165, 1.54) is 32.2 Å². The number of fused-ring (bicyclic) bond motifs is 2. The van der Waals surface area contributed by atoms with Crippen LogP contribution in [0.3, 0.4) is 0 Å². The van der Waals surface area contributed by atoms with E-state index in [1.807, 2.05) is 0 Å². The number of likely N-dealkylation sites (tertiary alicyclic amines) is 1. The second kappa shape index (κ2) is 4.71. The Balaban J connectivity index is 1.74. The van der Waals surface area contributed by atoms with Gasteiger partial charge in [0, 0.05) is 24.7 Å². The predicted octanol–water partition coefficient (Wildman–Crippen LogP) is 3.52. The average molecular weight is 278 g/mol. The molecule has 1 aliphatic heterocycles. The third kappa shape index (κ3) is 2.14. The predicted molar refractivity (Wildman–Crippen MR) is 85.8 cm³/mol. The molecule has 0 spiro atoms. The molecule has 2 saturated carbocycles. The minimum atomic E-state index is 0.485. The highest BCUT2D eigenvalue weighted by atomic mass is 15.2.